The predicted octanol–water partition coefficient (Wildman–Crippen LogP) is 4.73. The van der Waals surface area contributed by atoms with Crippen molar-refractivity contribution in [2.24, 2.45) is 5.10 Å². The number of benzene rings is 2. The van der Waals surface area contributed by atoms with Crippen molar-refractivity contribution in [1.29, 1.82) is 0 Å². The van der Waals surface area contributed by atoms with Gasteiger partial charge in [0.05, 0.1) is 6.54 Å². The highest BCUT2D eigenvalue weighted by molar-refractivity contribution is 5.93. The van der Waals surface area contributed by atoms with Crippen molar-refractivity contribution >= 4 is 22.7 Å². The second kappa shape index (κ2) is 8.70. The lowest BCUT2D eigenvalue weighted by molar-refractivity contribution is 0.328. The number of fused-ring (bicyclic) bond motifs is 1. The first-order valence-electron chi connectivity index (χ1n) is 8.44. The van der Waals surface area contributed by atoms with E-state index in [-0.39, 0.29) is 6.02 Å². The van der Waals surface area contributed by atoms with Gasteiger partial charge in [0.15, 0.2) is 0 Å². The molecule has 27 heavy (non-hydrogen) atoms. The second-order valence-corrected chi connectivity index (χ2v) is 6.00. The SMILES string of the molecule is [C-]#[N+]/N=C(/Nc1ccc2oc(CN(C)CC=C)cc2c1)Oc1ccccc1. The van der Waals surface area contributed by atoms with Crippen LogP contribution in [0.15, 0.2) is 76.8 Å². The Hall–Kier alpha value is -3.56. The van der Waals surface area contributed by atoms with Gasteiger partial charge in [-0.3, -0.25) is 4.90 Å². The van der Waals surface area contributed by atoms with Crippen LogP contribution in [0.1, 0.15) is 5.76 Å². The van der Waals surface area contributed by atoms with Crippen LogP contribution in [0, 0.1) is 6.57 Å². The van der Waals surface area contributed by atoms with Crippen molar-refractivity contribution in [1.82, 2.24) is 4.90 Å². The number of amidine groups is 1. The van der Waals surface area contributed by atoms with Gasteiger partial charge in [0, 0.05) is 17.6 Å². The van der Waals surface area contributed by atoms with Gasteiger partial charge in [0.25, 0.3) is 0 Å². The molecular formula is C21H20N4O2. The third-order valence-corrected chi connectivity index (χ3v) is 3.78. The van der Waals surface area contributed by atoms with Crippen LogP contribution in [-0.4, -0.2) is 24.5 Å². The third-order valence-electron chi connectivity index (χ3n) is 3.78. The first-order chi connectivity index (χ1) is 13.2. The number of hydrogen-bond donors (Lipinski definition) is 1. The van der Waals surface area contributed by atoms with Crippen LogP contribution in [-0.2, 0) is 6.54 Å². The van der Waals surface area contributed by atoms with E-state index < -0.39 is 0 Å². The molecule has 0 aliphatic rings. The Kier molecular flexibility index (Phi) is 5.87. The minimum absolute atomic E-state index is 0.116. The van der Waals surface area contributed by atoms with E-state index in [2.05, 4.69) is 26.9 Å². The zero-order chi connectivity index (χ0) is 19.1. The van der Waals surface area contributed by atoms with Crippen molar-refractivity contribution in [2.75, 3.05) is 18.9 Å². The number of para-hydroxylation sites is 1. The van der Waals surface area contributed by atoms with Crippen LogP contribution in [0.3, 0.4) is 0 Å². The molecule has 0 aliphatic carbocycles. The molecule has 6 nitrogen and oxygen atoms in total. The van der Waals surface area contributed by atoms with Crippen LogP contribution >= 0.6 is 0 Å². The second-order valence-electron chi connectivity index (χ2n) is 6.00. The van der Waals surface area contributed by atoms with E-state index in [0.29, 0.717) is 12.3 Å². The number of furan rings is 1. The van der Waals surface area contributed by atoms with Crippen molar-refractivity contribution in [3.63, 3.8) is 0 Å². The monoisotopic (exact) mass is 360 g/mol. The highest BCUT2D eigenvalue weighted by atomic mass is 16.5. The van der Waals surface area contributed by atoms with Crippen LogP contribution in [0.5, 0.6) is 5.75 Å². The predicted molar refractivity (Wildman–Crippen MR) is 107 cm³/mol. The van der Waals surface area contributed by atoms with Crippen molar-refractivity contribution < 1.29 is 9.15 Å². The average Bonchev–Trinajstić information content (AvgIpc) is 3.04. The highest BCUT2D eigenvalue weighted by Crippen LogP contribution is 2.24. The molecule has 3 rings (SSSR count). The maximum Gasteiger partial charge on any atom is 0.378 e. The molecule has 0 unspecified atom stereocenters. The maximum absolute atomic E-state index is 6.99. The summed E-state index contributed by atoms with van der Waals surface area (Å²) in [7, 11) is 2.01. The number of anilines is 1. The fraction of sp³-hybridized carbons (Fsp3) is 0.143. The number of likely N-dealkylation sites (N-methyl/N-ethyl adjacent to an activating group) is 1. The summed E-state index contributed by atoms with van der Waals surface area (Å²) in [5, 5.41) is 7.70. The zero-order valence-corrected chi connectivity index (χ0v) is 15.1. The first kappa shape index (κ1) is 18.2. The topological polar surface area (TPSA) is 54.4 Å². The van der Waals surface area contributed by atoms with E-state index in [1.165, 1.54) is 0 Å². The molecule has 0 bridgehead atoms. The van der Waals surface area contributed by atoms with Gasteiger partial charge in [-0.2, -0.15) is 6.57 Å². The largest absolute Gasteiger partial charge is 0.460 e. The number of ether oxygens (including phenoxy) is 1. The van der Waals surface area contributed by atoms with Crippen molar-refractivity contribution in [2.45, 2.75) is 6.54 Å². The Balaban J connectivity index is 1.76. The third kappa shape index (κ3) is 4.97. The molecule has 0 amide bonds. The lowest BCUT2D eigenvalue weighted by Crippen LogP contribution is -2.18. The smallest absolute Gasteiger partial charge is 0.378 e. The molecule has 0 atom stereocenters. The molecule has 0 saturated carbocycles. The standard InChI is InChI=1S/C21H20N4O2/c1-4-12-25(3)15-19-14-16-13-17(10-11-20(16)26-19)23-21(24-22-2)27-18-8-6-5-7-9-18/h4-11,13-14H,1,12,15H2,3H3,(H,23,24). The lowest BCUT2D eigenvalue weighted by Gasteiger charge is -2.11. The molecule has 0 aliphatic heterocycles. The van der Waals surface area contributed by atoms with Crippen molar-refractivity contribution in [3.05, 3.63) is 84.5 Å². The Labute approximate surface area is 158 Å². The molecule has 0 fully saturated rings. The van der Waals surface area contributed by atoms with E-state index in [1.807, 2.05) is 55.6 Å². The van der Waals surface area contributed by atoms with Gasteiger partial charge in [0.2, 0.25) is 0 Å². The molecule has 0 spiro atoms. The van der Waals surface area contributed by atoms with Gasteiger partial charge in [-0.15, -0.1) is 11.5 Å². The van der Waals surface area contributed by atoms with E-state index in [1.54, 1.807) is 12.1 Å². The molecule has 1 N–H and O–H groups in total. The first-order valence-corrected chi connectivity index (χ1v) is 8.44. The molecule has 0 saturated heterocycles. The minimum atomic E-state index is 0.116. The highest BCUT2D eigenvalue weighted by Gasteiger charge is 2.10. The van der Waals surface area contributed by atoms with E-state index in [9.17, 15) is 0 Å². The van der Waals surface area contributed by atoms with Crippen LogP contribution in [0.25, 0.3) is 15.9 Å². The average molecular weight is 360 g/mol. The normalized spacial score (nSPS) is 11.4. The zero-order valence-electron chi connectivity index (χ0n) is 15.1. The van der Waals surface area contributed by atoms with Crippen LogP contribution in [0.2, 0.25) is 0 Å². The van der Waals surface area contributed by atoms with E-state index in [4.69, 9.17) is 15.7 Å². The summed E-state index contributed by atoms with van der Waals surface area (Å²) in [5.41, 5.74) is 1.56. The molecular weight excluding hydrogens is 340 g/mol. The summed E-state index contributed by atoms with van der Waals surface area (Å²) in [6.45, 7) is 12.2. The fourth-order valence-electron chi connectivity index (χ4n) is 2.64. The number of nitrogens with one attached hydrogen (secondary N) is 1. The molecule has 3 aromatic rings. The summed E-state index contributed by atoms with van der Waals surface area (Å²) in [6, 6.07) is 17.0. The summed E-state index contributed by atoms with van der Waals surface area (Å²) in [4.78, 5) is 5.17. The fourth-order valence-corrected chi connectivity index (χ4v) is 2.64. The molecule has 2 aromatic carbocycles. The molecule has 136 valence electrons. The van der Waals surface area contributed by atoms with Crippen LogP contribution < -0.4 is 10.1 Å². The quantitative estimate of drug-likeness (QED) is 0.227. The maximum atomic E-state index is 6.99. The number of hydrogen-bond acceptors (Lipinski definition) is 4. The summed E-state index contributed by atoms with van der Waals surface area (Å²) < 4.78 is 11.5. The Morgan fingerprint density at radius 3 is 2.85 bits per heavy atom. The molecule has 0 radical (unpaired) electrons. The number of rotatable bonds is 6. The van der Waals surface area contributed by atoms with Crippen molar-refractivity contribution in [3.8, 4) is 5.75 Å². The van der Waals surface area contributed by atoms with E-state index >= 15 is 0 Å². The Bertz CT molecular complexity index is 986. The number of nitrogens with zero attached hydrogens (tertiary/aromatic N) is 3. The molecule has 1 aromatic heterocycles. The summed E-state index contributed by atoms with van der Waals surface area (Å²) in [5.74, 6) is 1.48. The van der Waals surface area contributed by atoms with E-state index in [0.717, 1.165) is 29.0 Å². The van der Waals surface area contributed by atoms with Gasteiger partial charge in [-0.25, -0.2) is 0 Å². The van der Waals surface area contributed by atoms with Crippen LogP contribution in [0.4, 0.5) is 5.69 Å². The van der Waals surface area contributed by atoms with Gasteiger partial charge in [0.1, 0.15) is 22.2 Å². The van der Waals surface area contributed by atoms with Gasteiger partial charge >= 0.3 is 6.02 Å². The Morgan fingerprint density at radius 2 is 2.11 bits per heavy atom. The molecule has 6 heteroatoms. The summed E-state index contributed by atoms with van der Waals surface area (Å²) >= 11 is 0. The molecule has 1 heterocycles. The Morgan fingerprint density at radius 1 is 1.30 bits per heavy atom. The minimum Gasteiger partial charge on any atom is -0.460 e. The van der Waals surface area contributed by atoms with Gasteiger partial charge in [-0.1, -0.05) is 24.3 Å². The lowest BCUT2D eigenvalue weighted by atomic mass is 10.2. The van der Waals surface area contributed by atoms with Gasteiger partial charge in [-0.05, 0) is 43.4 Å². The summed E-state index contributed by atoms with van der Waals surface area (Å²) in [6.07, 6.45) is 1.86. The van der Waals surface area contributed by atoms with Gasteiger partial charge < -0.3 is 14.5 Å².